The molecule has 0 radical (unpaired) electrons. The van der Waals surface area contributed by atoms with E-state index in [0.29, 0.717) is 37.4 Å². The summed E-state index contributed by atoms with van der Waals surface area (Å²) in [5.41, 5.74) is 5.52. The van der Waals surface area contributed by atoms with Crippen molar-refractivity contribution in [3.8, 4) is 23.8 Å². The number of benzene rings is 1. The van der Waals surface area contributed by atoms with E-state index >= 15 is 0 Å². The van der Waals surface area contributed by atoms with Crippen LogP contribution < -0.4 is 9.47 Å². The Kier molecular flexibility index (Phi) is 6.45. The standard InChI is InChI=1S/C26H30O4.C3HF3/c1-26-14-20(16-3-8-22-23(13-16)30-11-10-29-22)25-18-6-4-17(27)12-15(18)2-5-19(25)21(26)7-9-24(26)28;1-2-3(4,5)6/h3,8,12-13,19-21,24,28H,2,4-7,9-11,14H2,1H3;1H. The highest BCUT2D eigenvalue weighted by atomic mass is 19.4. The van der Waals surface area contributed by atoms with E-state index in [1.807, 2.05) is 12.1 Å². The summed E-state index contributed by atoms with van der Waals surface area (Å²) in [7, 11) is 0. The zero-order valence-electron chi connectivity index (χ0n) is 20.4. The van der Waals surface area contributed by atoms with Crippen molar-refractivity contribution in [1.29, 1.82) is 0 Å². The Morgan fingerprint density at radius 2 is 1.81 bits per heavy atom. The number of aliphatic hydroxyl groups excluding tert-OH is 1. The van der Waals surface area contributed by atoms with Crippen LogP contribution in [0.2, 0.25) is 0 Å². The molecule has 6 rings (SSSR count). The summed E-state index contributed by atoms with van der Waals surface area (Å²) < 4.78 is 43.3. The summed E-state index contributed by atoms with van der Waals surface area (Å²) in [5, 5.41) is 11.0. The molecule has 4 nitrogen and oxygen atoms in total. The van der Waals surface area contributed by atoms with Gasteiger partial charge in [-0.3, -0.25) is 4.79 Å². The van der Waals surface area contributed by atoms with Crippen LogP contribution in [0.1, 0.15) is 63.4 Å². The number of alkyl halides is 3. The van der Waals surface area contributed by atoms with Crippen LogP contribution in [-0.2, 0) is 4.79 Å². The number of carbonyl (C=O) groups excluding carboxylic acids is 1. The molecule has 1 heterocycles. The number of hydrogen-bond donors (Lipinski definition) is 1. The van der Waals surface area contributed by atoms with Gasteiger partial charge in [-0.1, -0.05) is 18.6 Å². The molecule has 1 aromatic carbocycles. The van der Waals surface area contributed by atoms with E-state index in [1.54, 1.807) is 5.57 Å². The third kappa shape index (κ3) is 4.45. The van der Waals surface area contributed by atoms with Crippen molar-refractivity contribution in [3.05, 3.63) is 46.6 Å². The molecule has 36 heavy (non-hydrogen) atoms. The Labute approximate surface area is 209 Å². The number of ketones is 1. The molecule has 192 valence electrons. The third-order valence-electron chi connectivity index (χ3n) is 8.81. The van der Waals surface area contributed by atoms with Crippen LogP contribution in [0.5, 0.6) is 11.5 Å². The molecular formula is C29H31F3O4. The molecule has 0 amide bonds. The minimum absolute atomic E-state index is 0.0433. The van der Waals surface area contributed by atoms with Gasteiger partial charge in [0.25, 0.3) is 0 Å². The number of aliphatic hydroxyl groups is 1. The highest BCUT2D eigenvalue weighted by molar-refractivity contribution is 5.93. The minimum Gasteiger partial charge on any atom is -0.486 e. The number of hydrogen-bond acceptors (Lipinski definition) is 4. The molecule has 0 aromatic heterocycles. The van der Waals surface area contributed by atoms with Crippen LogP contribution in [0, 0.1) is 29.6 Å². The summed E-state index contributed by atoms with van der Waals surface area (Å²) in [6.07, 6.45) is 7.81. The second-order valence-electron chi connectivity index (χ2n) is 10.7. The van der Waals surface area contributed by atoms with Crippen LogP contribution in [0.4, 0.5) is 13.2 Å². The van der Waals surface area contributed by atoms with E-state index in [4.69, 9.17) is 9.47 Å². The van der Waals surface area contributed by atoms with Gasteiger partial charge in [0.15, 0.2) is 17.3 Å². The molecule has 1 aliphatic heterocycles. The van der Waals surface area contributed by atoms with E-state index in [2.05, 4.69) is 25.5 Å². The van der Waals surface area contributed by atoms with Gasteiger partial charge in [0.05, 0.1) is 6.10 Å². The van der Waals surface area contributed by atoms with Crippen molar-refractivity contribution in [2.24, 2.45) is 17.3 Å². The second-order valence-corrected chi connectivity index (χ2v) is 10.7. The van der Waals surface area contributed by atoms with E-state index in [-0.39, 0.29) is 23.2 Å². The Hall–Kier alpha value is -2.72. The number of rotatable bonds is 1. The molecule has 0 bridgehead atoms. The maximum atomic E-state index is 12.1. The van der Waals surface area contributed by atoms with Gasteiger partial charge in [0, 0.05) is 18.3 Å². The number of carbonyl (C=O) groups is 1. The molecule has 1 aromatic rings. The van der Waals surface area contributed by atoms with Gasteiger partial charge >= 0.3 is 6.18 Å². The van der Waals surface area contributed by atoms with Crippen molar-refractivity contribution in [1.82, 2.24) is 0 Å². The van der Waals surface area contributed by atoms with Crippen molar-refractivity contribution in [2.45, 2.75) is 70.1 Å². The Bertz CT molecular complexity index is 1160. The molecule has 5 aliphatic rings. The van der Waals surface area contributed by atoms with Crippen LogP contribution >= 0.6 is 0 Å². The van der Waals surface area contributed by atoms with Gasteiger partial charge in [0.2, 0.25) is 0 Å². The van der Waals surface area contributed by atoms with Crippen LogP contribution in [0.3, 0.4) is 0 Å². The first-order valence-corrected chi connectivity index (χ1v) is 12.7. The summed E-state index contributed by atoms with van der Waals surface area (Å²) in [6, 6.07) is 6.41. The van der Waals surface area contributed by atoms with Crippen molar-refractivity contribution in [3.63, 3.8) is 0 Å². The molecule has 0 spiro atoms. The highest BCUT2D eigenvalue weighted by Gasteiger charge is 2.56. The SMILES string of the molecule is C#CC(F)(F)F.CC12CC(c3ccc4c(c3)OCCO4)C3=C4CCC(=O)C=C4CCC3C1CCC2O. The fraction of sp³-hybridized carbons (Fsp3) is 0.552. The molecule has 2 saturated carbocycles. The molecule has 7 heteroatoms. The highest BCUT2D eigenvalue weighted by Crippen LogP contribution is 2.64. The first-order chi connectivity index (χ1) is 17.1. The normalized spacial score (nSPS) is 32.8. The number of ether oxygens (including phenoxy) is 2. The topological polar surface area (TPSA) is 55.8 Å². The number of terminal acetylenes is 1. The summed E-state index contributed by atoms with van der Waals surface area (Å²) >= 11 is 0. The van der Waals surface area contributed by atoms with Crippen molar-refractivity contribution >= 4 is 5.78 Å². The maximum Gasteiger partial charge on any atom is 0.457 e. The van der Waals surface area contributed by atoms with Crippen LogP contribution in [-0.4, -0.2) is 36.4 Å². The average molecular weight is 501 g/mol. The van der Waals surface area contributed by atoms with E-state index < -0.39 is 6.18 Å². The average Bonchev–Trinajstić information content (AvgIpc) is 3.16. The lowest BCUT2D eigenvalue weighted by Gasteiger charge is -2.52. The van der Waals surface area contributed by atoms with Crippen molar-refractivity contribution in [2.75, 3.05) is 13.2 Å². The fourth-order valence-corrected chi connectivity index (χ4v) is 7.21. The molecule has 4 aliphatic carbocycles. The zero-order valence-corrected chi connectivity index (χ0v) is 20.4. The number of halogens is 3. The van der Waals surface area contributed by atoms with Crippen LogP contribution in [0.15, 0.2) is 41.0 Å². The third-order valence-corrected chi connectivity index (χ3v) is 8.81. The van der Waals surface area contributed by atoms with Gasteiger partial charge in [-0.15, -0.1) is 6.42 Å². The quantitative estimate of drug-likeness (QED) is 0.488. The lowest BCUT2D eigenvalue weighted by atomic mass is 9.53. The molecule has 2 fully saturated rings. The Balaban J connectivity index is 0.000000400. The van der Waals surface area contributed by atoms with Crippen LogP contribution in [0.25, 0.3) is 0 Å². The Morgan fingerprint density at radius 1 is 1.08 bits per heavy atom. The van der Waals surface area contributed by atoms with Crippen molar-refractivity contribution < 1.29 is 32.5 Å². The smallest absolute Gasteiger partial charge is 0.457 e. The van der Waals surface area contributed by atoms with Gasteiger partial charge in [-0.05, 0) is 90.7 Å². The predicted molar refractivity (Wildman–Crippen MR) is 129 cm³/mol. The molecular weight excluding hydrogens is 469 g/mol. The molecule has 0 saturated heterocycles. The fourth-order valence-electron chi connectivity index (χ4n) is 7.21. The predicted octanol–water partition coefficient (Wildman–Crippen LogP) is 5.90. The van der Waals surface area contributed by atoms with E-state index in [0.717, 1.165) is 50.0 Å². The first-order valence-electron chi connectivity index (χ1n) is 12.7. The zero-order chi connectivity index (χ0) is 25.7. The van der Waals surface area contributed by atoms with Gasteiger partial charge in [0.1, 0.15) is 13.2 Å². The van der Waals surface area contributed by atoms with E-state index in [1.165, 1.54) is 16.7 Å². The minimum atomic E-state index is -4.43. The van der Waals surface area contributed by atoms with Gasteiger partial charge in [-0.25, -0.2) is 0 Å². The number of fused-ring (bicyclic) bond motifs is 5. The Morgan fingerprint density at radius 3 is 2.53 bits per heavy atom. The monoisotopic (exact) mass is 500 g/mol. The largest absolute Gasteiger partial charge is 0.486 e. The maximum absolute atomic E-state index is 12.1. The van der Waals surface area contributed by atoms with E-state index in [9.17, 15) is 23.1 Å². The second kappa shape index (κ2) is 9.30. The molecule has 1 N–H and O–H groups in total. The van der Waals surface area contributed by atoms with Gasteiger partial charge in [-0.2, -0.15) is 13.2 Å². The molecule has 5 atom stereocenters. The number of allylic oxidation sites excluding steroid dienone is 4. The summed E-state index contributed by atoms with van der Waals surface area (Å²) in [6.45, 7) is 3.50. The lowest BCUT2D eigenvalue weighted by Crippen LogP contribution is -2.45. The lowest BCUT2D eigenvalue weighted by molar-refractivity contribution is -0.114. The summed E-state index contributed by atoms with van der Waals surface area (Å²) in [4.78, 5) is 12.1. The van der Waals surface area contributed by atoms with Gasteiger partial charge < -0.3 is 14.6 Å². The summed E-state index contributed by atoms with van der Waals surface area (Å²) in [5.74, 6) is 3.87. The first kappa shape index (κ1) is 25.0. The molecule has 5 unspecified atom stereocenters.